The van der Waals surface area contributed by atoms with Gasteiger partial charge in [-0.25, -0.2) is 4.79 Å². The summed E-state index contributed by atoms with van der Waals surface area (Å²) in [5.74, 6) is 0.0596. The number of nitriles is 1. The lowest BCUT2D eigenvalue weighted by Gasteiger charge is -2.18. The summed E-state index contributed by atoms with van der Waals surface area (Å²) in [5.41, 5.74) is -0.536. The Morgan fingerprint density at radius 1 is 1.36 bits per heavy atom. The van der Waals surface area contributed by atoms with E-state index in [2.05, 4.69) is 5.32 Å². The standard InChI is InChI=1S/C16H15N3O3/c1-16(13-10-11-6-2-3-7-12(11)22-13)14(20)19(15(21)18-16)9-5-4-8-17/h2-3,6-7,10H,4-5,9H2,1H3,(H,18,21)/t16-/m1/s1. The molecule has 22 heavy (non-hydrogen) atoms. The smallest absolute Gasteiger partial charge is 0.325 e. The van der Waals surface area contributed by atoms with E-state index in [9.17, 15) is 9.59 Å². The first-order chi connectivity index (χ1) is 10.6. The number of benzene rings is 1. The lowest BCUT2D eigenvalue weighted by atomic mass is 9.99. The molecule has 6 heteroatoms. The molecule has 1 aromatic carbocycles. The molecule has 2 aromatic rings. The lowest BCUT2D eigenvalue weighted by Crippen LogP contribution is -2.40. The van der Waals surface area contributed by atoms with Crippen molar-refractivity contribution in [1.82, 2.24) is 10.2 Å². The van der Waals surface area contributed by atoms with Crippen LogP contribution in [0.4, 0.5) is 4.79 Å². The number of imide groups is 1. The van der Waals surface area contributed by atoms with Crippen molar-refractivity contribution in [3.05, 3.63) is 36.1 Å². The highest BCUT2D eigenvalue weighted by Crippen LogP contribution is 2.33. The number of nitrogens with zero attached hydrogens (tertiary/aromatic N) is 2. The number of carbonyl (C=O) groups is 2. The molecule has 1 fully saturated rings. The molecule has 0 unspecified atom stereocenters. The van der Waals surface area contributed by atoms with Gasteiger partial charge in [-0.3, -0.25) is 9.69 Å². The van der Waals surface area contributed by atoms with Gasteiger partial charge >= 0.3 is 6.03 Å². The molecule has 112 valence electrons. The van der Waals surface area contributed by atoms with Crippen molar-refractivity contribution < 1.29 is 14.0 Å². The van der Waals surface area contributed by atoms with Crippen molar-refractivity contribution in [2.24, 2.45) is 0 Å². The van der Waals surface area contributed by atoms with Crippen LogP contribution < -0.4 is 5.32 Å². The van der Waals surface area contributed by atoms with E-state index in [0.29, 0.717) is 24.2 Å². The van der Waals surface area contributed by atoms with Crippen molar-refractivity contribution in [3.8, 4) is 6.07 Å². The second-order valence-corrected chi connectivity index (χ2v) is 5.42. The predicted molar refractivity (Wildman–Crippen MR) is 78.7 cm³/mol. The SMILES string of the molecule is C[C@]1(c2cc3ccccc3o2)NC(=O)N(CCCC#N)C1=O. The summed E-state index contributed by atoms with van der Waals surface area (Å²) in [7, 11) is 0. The predicted octanol–water partition coefficient (Wildman–Crippen LogP) is 2.50. The van der Waals surface area contributed by atoms with Gasteiger partial charge in [0.2, 0.25) is 0 Å². The second-order valence-electron chi connectivity index (χ2n) is 5.42. The molecule has 3 rings (SSSR count). The average Bonchev–Trinajstić information content (AvgIpc) is 3.03. The Bertz CT molecular complexity index is 756. The van der Waals surface area contributed by atoms with Crippen LogP contribution in [0.2, 0.25) is 0 Å². The molecule has 6 nitrogen and oxygen atoms in total. The summed E-state index contributed by atoms with van der Waals surface area (Å²) in [6.45, 7) is 1.86. The number of amides is 3. The molecular formula is C16H15N3O3. The van der Waals surface area contributed by atoms with Gasteiger partial charge in [0.05, 0.1) is 6.07 Å². The fraction of sp³-hybridized carbons (Fsp3) is 0.312. The monoisotopic (exact) mass is 297 g/mol. The van der Waals surface area contributed by atoms with Gasteiger partial charge in [0.1, 0.15) is 11.3 Å². The van der Waals surface area contributed by atoms with Crippen LogP contribution in [0.3, 0.4) is 0 Å². The first-order valence-corrected chi connectivity index (χ1v) is 7.06. The van der Waals surface area contributed by atoms with E-state index < -0.39 is 11.6 Å². The van der Waals surface area contributed by atoms with E-state index in [0.717, 1.165) is 10.3 Å². The molecule has 0 saturated carbocycles. The fourth-order valence-electron chi connectivity index (χ4n) is 2.61. The Kier molecular flexibility index (Phi) is 3.33. The minimum Gasteiger partial charge on any atom is -0.458 e. The Balaban J connectivity index is 1.91. The van der Waals surface area contributed by atoms with E-state index in [4.69, 9.17) is 9.68 Å². The van der Waals surface area contributed by atoms with Crippen LogP contribution in [-0.2, 0) is 10.3 Å². The third-order valence-electron chi connectivity index (χ3n) is 3.86. The normalized spacial score (nSPS) is 21.2. The number of fused-ring (bicyclic) bond motifs is 1. The molecule has 1 aliphatic rings. The molecule has 3 amide bonds. The maximum atomic E-state index is 12.6. The number of hydrogen-bond donors (Lipinski definition) is 1. The van der Waals surface area contributed by atoms with Crippen molar-refractivity contribution in [2.45, 2.75) is 25.3 Å². The van der Waals surface area contributed by atoms with Crippen LogP contribution in [0.25, 0.3) is 11.0 Å². The number of para-hydroxylation sites is 1. The molecule has 1 aliphatic heterocycles. The third kappa shape index (κ3) is 2.11. The van der Waals surface area contributed by atoms with Crippen molar-refractivity contribution in [2.75, 3.05) is 6.54 Å². The summed E-state index contributed by atoms with van der Waals surface area (Å²) < 4.78 is 5.73. The topological polar surface area (TPSA) is 86.3 Å². The van der Waals surface area contributed by atoms with E-state index in [1.165, 1.54) is 0 Å². The summed E-state index contributed by atoms with van der Waals surface area (Å²) in [4.78, 5) is 25.8. The molecule has 1 saturated heterocycles. The Labute approximate surface area is 127 Å². The van der Waals surface area contributed by atoms with E-state index in [-0.39, 0.29) is 12.5 Å². The first kappa shape index (κ1) is 14.1. The van der Waals surface area contributed by atoms with Gasteiger partial charge in [-0.05, 0) is 25.5 Å². The minimum absolute atomic E-state index is 0.230. The van der Waals surface area contributed by atoms with Crippen LogP contribution >= 0.6 is 0 Å². The van der Waals surface area contributed by atoms with Crippen LogP contribution in [0.5, 0.6) is 0 Å². The quantitative estimate of drug-likeness (QED) is 0.694. The van der Waals surface area contributed by atoms with Gasteiger partial charge < -0.3 is 9.73 Å². The van der Waals surface area contributed by atoms with Crippen LogP contribution in [0.1, 0.15) is 25.5 Å². The maximum absolute atomic E-state index is 12.6. The number of unbranched alkanes of at least 4 members (excludes halogenated alkanes) is 1. The molecule has 0 bridgehead atoms. The zero-order valence-corrected chi connectivity index (χ0v) is 12.1. The highest BCUT2D eigenvalue weighted by Gasteiger charge is 2.50. The molecule has 2 heterocycles. The third-order valence-corrected chi connectivity index (χ3v) is 3.86. The fourth-order valence-corrected chi connectivity index (χ4v) is 2.61. The van der Waals surface area contributed by atoms with E-state index in [1.54, 1.807) is 13.0 Å². The van der Waals surface area contributed by atoms with E-state index >= 15 is 0 Å². The number of carbonyl (C=O) groups excluding carboxylic acids is 2. The van der Waals surface area contributed by atoms with E-state index in [1.807, 2.05) is 30.3 Å². The van der Waals surface area contributed by atoms with Gasteiger partial charge in [-0.1, -0.05) is 18.2 Å². The molecule has 1 atom stereocenters. The highest BCUT2D eigenvalue weighted by atomic mass is 16.3. The lowest BCUT2D eigenvalue weighted by molar-refractivity contribution is -0.131. The Morgan fingerprint density at radius 3 is 2.86 bits per heavy atom. The summed E-state index contributed by atoms with van der Waals surface area (Å²) in [5, 5.41) is 12.1. The van der Waals surface area contributed by atoms with Gasteiger partial charge in [0, 0.05) is 18.4 Å². The summed E-state index contributed by atoms with van der Waals surface area (Å²) in [6.07, 6.45) is 0.768. The van der Waals surface area contributed by atoms with Crippen LogP contribution in [-0.4, -0.2) is 23.4 Å². The largest absolute Gasteiger partial charge is 0.458 e. The maximum Gasteiger partial charge on any atom is 0.325 e. The van der Waals surface area contributed by atoms with Gasteiger partial charge in [-0.2, -0.15) is 5.26 Å². The second kappa shape index (κ2) is 5.19. The minimum atomic E-state index is -1.21. The number of furan rings is 1. The summed E-state index contributed by atoms with van der Waals surface area (Å²) in [6, 6.07) is 10.8. The van der Waals surface area contributed by atoms with Crippen molar-refractivity contribution in [3.63, 3.8) is 0 Å². The first-order valence-electron chi connectivity index (χ1n) is 7.06. The Hall–Kier alpha value is -2.81. The number of nitrogens with one attached hydrogen (secondary N) is 1. The van der Waals surface area contributed by atoms with Crippen LogP contribution in [0.15, 0.2) is 34.7 Å². The number of urea groups is 1. The number of rotatable bonds is 4. The zero-order valence-electron chi connectivity index (χ0n) is 12.1. The van der Waals surface area contributed by atoms with Crippen molar-refractivity contribution in [1.29, 1.82) is 5.26 Å². The molecule has 0 radical (unpaired) electrons. The average molecular weight is 297 g/mol. The molecule has 1 aromatic heterocycles. The number of hydrogen-bond acceptors (Lipinski definition) is 4. The summed E-state index contributed by atoms with van der Waals surface area (Å²) >= 11 is 0. The molecule has 1 N–H and O–H groups in total. The molecule has 0 spiro atoms. The zero-order chi connectivity index (χ0) is 15.7. The molecule has 0 aliphatic carbocycles. The van der Waals surface area contributed by atoms with Crippen LogP contribution in [0, 0.1) is 11.3 Å². The molecular weight excluding hydrogens is 282 g/mol. The Morgan fingerprint density at radius 2 is 2.14 bits per heavy atom. The van der Waals surface area contributed by atoms with Gasteiger partial charge in [0.25, 0.3) is 5.91 Å². The van der Waals surface area contributed by atoms with Gasteiger partial charge in [0.15, 0.2) is 5.54 Å². The van der Waals surface area contributed by atoms with Crippen molar-refractivity contribution >= 4 is 22.9 Å². The highest BCUT2D eigenvalue weighted by molar-refractivity contribution is 6.07. The van der Waals surface area contributed by atoms with Gasteiger partial charge in [-0.15, -0.1) is 0 Å².